The number of ether oxygens (including phenoxy) is 5. The van der Waals surface area contributed by atoms with Gasteiger partial charge in [0, 0.05) is 48.8 Å². The summed E-state index contributed by atoms with van der Waals surface area (Å²) < 4.78 is 28.7. The molecule has 0 aromatic carbocycles. The lowest BCUT2D eigenvalue weighted by Gasteiger charge is -2.47. The molecule has 6 rings (SSSR count). The maximum Gasteiger partial charge on any atom is 0.404 e. The van der Waals surface area contributed by atoms with Gasteiger partial charge in [-0.15, -0.1) is 22.7 Å². The van der Waals surface area contributed by atoms with Gasteiger partial charge in [-0.05, 0) is 39.2 Å². The van der Waals surface area contributed by atoms with Crippen LogP contribution in [-0.2, 0) is 54.1 Å². The number of imidazole rings is 1. The summed E-state index contributed by atoms with van der Waals surface area (Å²) in [5.41, 5.74) is 28.0. The van der Waals surface area contributed by atoms with Gasteiger partial charge in [0.1, 0.15) is 94.6 Å². The van der Waals surface area contributed by atoms with E-state index in [0.717, 1.165) is 24.7 Å². The summed E-state index contributed by atoms with van der Waals surface area (Å²) in [7, 11) is 0. The van der Waals surface area contributed by atoms with Crippen molar-refractivity contribution in [3.8, 4) is 10.7 Å². The number of nitrogens with two attached hydrogens (primary N) is 5. The van der Waals surface area contributed by atoms with Crippen molar-refractivity contribution in [3.05, 3.63) is 56.8 Å². The lowest BCUT2D eigenvalue weighted by Crippen LogP contribution is -2.65. The molecule has 0 saturated carbocycles. The van der Waals surface area contributed by atoms with E-state index < -0.39 is 183 Å². The van der Waals surface area contributed by atoms with Crippen molar-refractivity contribution in [1.82, 2.24) is 61.8 Å². The minimum Gasteiger partial charge on any atom is -0.441 e. The molecule has 4 aromatic rings. The number of rotatable bonds is 35. The molecule has 6 heterocycles. The summed E-state index contributed by atoms with van der Waals surface area (Å²) in [6.07, 6.45) is -22.3. The van der Waals surface area contributed by atoms with Crippen LogP contribution in [0.1, 0.15) is 88.8 Å². The van der Waals surface area contributed by atoms with Crippen molar-refractivity contribution in [2.45, 2.75) is 157 Å². The third-order valence-electron chi connectivity index (χ3n) is 15.1. The second kappa shape index (κ2) is 35.6. The smallest absolute Gasteiger partial charge is 0.404 e. The fourth-order valence-corrected chi connectivity index (χ4v) is 11.7. The maximum absolute atomic E-state index is 15.2. The van der Waals surface area contributed by atoms with E-state index in [1.807, 2.05) is 6.26 Å². The number of H-pyrrole nitrogens is 1. The first-order chi connectivity index (χ1) is 45.0. The number of thiazole rings is 2. The van der Waals surface area contributed by atoms with E-state index in [-0.39, 0.29) is 54.0 Å². The van der Waals surface area contributed by atoms with Gasteiger partial charge in [-0.25, -0.2) is 29.7 Å². The molecule has 0 spiro atoms. The highest BCUT2D eigenvalue weighted by molar-refractivity contribution is 7.98. The van der Waals surface area contributed by atoms with E-state index in [1.165, 1.54) is 50.4 Å². The van der Waals surface area contributed by atoms with Crippen LogP contribution in [0.3, 0.4) is 0 Å². The van der Waals surface area contributed by atoms with E-state index in [9.17, 15) is 74.4 Å². The Hall–Kier alpha value is -7.30. The number of aliphatic hydroxyl groups is 8. The molecule has 0 aliphatic carbocycles. The Morgan fingerprint density at radius 2 is 1.48 bits per heavy atom. The maximum atomic E-state index is 15.2. The first-order valence-corrected chi connectivity index (χ1v) is 32.6. The Kier molecular flexibility index (Phi) is 28.8. The van der Waals surface area contributed by atoms with Gasteiger partial charge in [0.2, 0.25) is 29.5 Å². The zero-order valence-electron chi connectivity index (χ0n) is 51.9. The van der Waals surface area contributed by atoms with Crippen molar-refractivity contribution in [2.75, 3.05) is 50.6 Å². The highest BCUT2D eigenvalue weighted by atomic mass is 32.2. The van der Waals surface area contributed by atoms with Crippen LogP contribution in [-0.4, -0.2) is 261 Å². The molecule has 95 heavy (non-hydrogen) atoms. The van der Waals surface area contributed by atoms with Gasteiger partial charge in [0.25, 0.3) is 11.8 Å². The van der Waals surface area contributed by atoms with Gasteiger partial charge in [0.05, 0.1) is 72.7 Å². The second-order valence-corrected chi connectivity index (χ2v) is 24.9. The zero-order chi connectivity index (χ0) is 70.1. The average Bonchev–Trinajstić information content (AvgIpc) is 1.31. The van der Waals surface area contributed by atoms with E-state index in [2.05, 4.69) is 61.8 Å². The van der Waals surface area contributed by atoms with Crippen molar-refractivity contribution in [2.24, 2.45) is 28.9 Å². The second-order valence-electron chi connectivity index (χ2n) is 22.1. The van der Waals surface area contributed by atoms with Crippen LogP contribution in [0.4, 0.5) is 10.6 Å². The average molecular weight is 1400 g/mol. The number of nitrogen functional groups attached to an aromatic ring is 1. The third kappa shape index (κ3) is 20.4. The highest BCUT2D eigenvalue weighted by Gasteiger charge is 2.54. The molecule has 8 amide bonds. The molecule has 41 heteroatoms. The number of aromatic nitrogens is 6. The monoisotopic (exact) mass is 1400 g/mol. The third-order valence-corrected chi connectivity index (χ3v) is 17.5. The number of primary amides is 3. The fourth-order valence-electron chi connectivity index (χ4n) is 9.65. The summed E-state index contributed by atoms with van der Waals surface area (Å²) in [4.78, 5) is 130. The van der Waals surface area contributed by atoms with E-state index in [4.69, 9.17) is 52.4 Å². The molecule has 2 aliphatic rings. The van der Waals surface area contributed by atoms with Crippen LogP contribution in [0.2, 0.25) is 0 Å². The van der Waals surface area contributed by atoms with E-state index >= 15 is 4.79 Å². The van der Waals surface area contributed by atoms with Gasteiger partial charge >= 0.3 is 6.09 Å². The van der Waals surface area contributed by atoms with Crippen LogP contribution in [0.5, 0.6) is 0 Å². The lowest BCUT2D eigenvalue weighted by molar-refractivity contribution is -0.372. The van der Waals surface area contributed by atoms with Crippen LogP contribution < -0.4 is 60.6 Å². The number of nitrogens with one attached hydrogen (secondary N) is 7. The number of thioether (sulfide) groups is 1. The molecular formula is C54H81N17O21S3. The Bertz CT molecular complexity index is 3250. The van der Waals surface area contributed by atoms with Gasteiger partial charge in [-0.1, -0.05) is 6.92 Å². The Balaban J connectivity index is 1.27. The van der Waals surface area contributed by atoms with Gasteiger partial charge in [-0.3, -0.25) is 33.6 Å². The minimum atomic E-state index is -2.20. The number of aliphatic hydroxyl groups excluding tert-OH is 8. The molecule has 2 fully saturated rings. The molecule has 526 valence electrons. The molecule has 0 radical (unpaired) electrons. The Morgan fingerprint density at radius 1 is 0.789 bits per heavy atom. The van der Waals surface area contributed by atoms with Gasteiger partial charge in [-0.2, -0.15) is 11.8 Å². The zero-order valence-corrected chi connectivity index (χ0v) is 54.3. The summed E-state index contributed by atoms with van der Waals surface area (Å²) in [6.45, 7) is 3.15. The van der Waals surface area contributed by atoms with Gasteiger partial charge in [0.15, 0.2) is 18.7 Å². The Morgan fingerprint density at radius 3 is 2.12 bits per heavy atom. The number of nitrogens with zero attached hydrogens (tertiary/aromatic N) is 5. The molecule has 0 unspecified atom stereocenters. The molecule has 38 nitrogen and oxygen atoms in total. The predicted octanol–water partition coefficient (Wildman–Crippen LogP) is -7.22. The molecule has 2 aliphatic heterocycles. The number of hydrogen-bond donors (Lipinski definition) is 20. The summed E-state index contributed by atoms with van der Waals surface area (Å²) in [6, 6.07) is -7.85. The fraction of sp³-hybridized carbons (Fsp3) is 0.611. The van der Waals surface area contributed by atoms with Gasteiger partial charge < -0.3 is 130 Å². The lowest BCUT2D eigenvalue weighted by atomic mass is 9.96. The largest absolute Gasteiger partial charge is 0.441 e. The highest BCUT2D eigenvalue weighted by Crippen LogP contribution is 2.35. The number of carbonyl (C=O) groups is 8. The molecule has 0 bridgehead atoms. The van der Waals surface area contributed by atoms with Crippen molar-refractivity contribution in [1.29, 1.82) is 0 Å². The first kappa shape index (κ1) is 76.7. The Labute approximate surface area is 553 Å². The number of hydrogen-bond acceptors (Lipinski definition) is 32. The van der Waals surface area contributed by atoms with Crippen molar-refractivity contribution in [3.63, 3.8) is 0 Å². The summed E-state index contributed by atoms with van der Waals surface area (Å²) >= 11 is 4.19. The number of anilines is 1. The number of carbonyl (C=O) groups excluding carboxylic acids is 8. The molecular weight excluding hydrogens is 1320 g/mol. The standard InChI is InChI=1S/C54H81N17O21S3/c1-19-32(68-45(71-43(19)57)24(11-30(56)75)63-12-23(55)44(58)81)49(85)70-34(40(25-13-60-18-64-25)90-53-42(38(79)36(77)28(14-72)89-53)91-52-39(80)41(92-54(59)87)37(78)29(15-73)88-52)50(86)65-21(3)35(76)20(2)46(82)69-33(22(4)74)48(84)62-9-7-31-66-27(17-94-31)51-67-26(16-95-51)47(83)61-8-6-10-93-5/h13,16-18,20-24,28-29,33-42,52-53,63,72-74,76-80H,6-12,14-15,55H2,1-5H3,(H2,56,75)(H2,58,81)(H2,59,87)(H,60,64)(H,61,83)(H,62,84)(H,65,86)(H,69,82)(H,70,85)(H2,57,68,71)/t20-,21+,22+,23-,24-,28-,29+,33-,34-,35-,36+,37+,38-,39-,40-,41-,42-,52+,53-/m0/s1. The quantitative estimate of drug-likeness (QED) is 0.0190. The summed E-state index contributed by atoms with van der Waals surface area (Å²) in [5.74, 6) is -7.80. The SMILES string of the molecule is CSCCCNC(=O)c1csc(-c2csc(CCNC(=O)[C@@H](NC(=O)[C@@H](C)[C@H](O)[C@@H](C)NC(=O)[C@@H](NC(=O)c3nc([C@H](CC(N)=O)NC[C@H](N)C(N)=O)nc(N)c3C)[C@@H](O[C@@H]3O[C@@H](CO)[C@@H](O)[C@H](O)[C@@H]3O[C@H]3O[C@H](CO)[C@@H](O)[C@H](OC(N)=O)[C@@H]3O)c3cnc[nH]3)[C@@H](C)O)n2)n1. The summed E-state index contributed by atoms with van der Waals surface area (Å²) in [5, 5.41) is 108. The van der Waals surface area contributed by atoms with Crippen LogP contribution in [0, 0.1) is 12.8 Å². The van der Waals surface area contributed by atoms with E-state index in [1.54, 1.807) is 22.5 Å². The molecule has 25 N–H and O–H groups in total. The minimum absolute atomic E-state index is 0.00588. The molecule has 19 atom stereocenters. The van der Waals surface area contributed by atoms with Crippen LogP contribution in [0.25, 0.3) is 10.7 Å². The number of amides is 8. The van der Waals surface area contributed by atoms with Crippen LogP contribution in [0.15, 0.2) is 23.3 Å². The first-order valence-electron chi connectivity index (χ1n) is 29.4. The van der Waals surface area contributed by atoms with Crippen molar-refractivity contribution < 1.29 is 103 Å². The van der Waals surface area contributed by atoms with Crippen LogP contribution >= 0.6 is 34.4 Å². The predicted molar refractivity (Wildman–Crippen MR) is 333 cm³/mol. The number of aromatic amines is 1. The van der Waals surface area contributed by atoms with Crippen molar-refractivity contribution >= 4 is 87.7 Å². The topological polar surface area (TPSA) is 627 Å². The molecule has 4 aromatic heterocycles. The molecule has 2 saturated heterocycles. The van der Waals surface area contributed by atoms with E-state index in [0.29, 0.717) is 22.3 Å². The normalized spacial score (nSPS) is 24.1.